The first-order valence-corrected chi connectivity index (χ1v) is 9.15. The Morgan fingerprint density at radius 3 is 2.71 bits per heavy atom. The molecule has 0 aliphatic carbocycles. The van der Waals surface area contributed by atoms with Gasteiger partial charge in [0.05, 0.1) is 6.04 Å². The average Bonchev–Trinajstić information content (AvgIpc) is 3.19. The number of likely N-dealkylation sites (tertiary alicyclic amines) is 1. The molecule has 1 aliphatic rings. The van der Waals surface area contributed by atoms with Crippen molar-refractivity contribution in [3.8, 4) is 11.3 Å². The van der Waals surface area contributed by atoms with Gasteiger partial charge in [-0.2, -0.15) is 0 Å². The predicted molar refractivity (Wildman–Crippen MR) is 100 cm³/mol. The van der Waals surface area contributed by atoms with Crippen molar-refractivity contribution in [2.75, 3.05) is 6.54 Å². The minimum absolute atomic E-state index is 0.00361. The summed E-state index contributed by atoms with van der Waals surface area (Å²) in [7, 11) is 0. The maximum atomic E-state index is 13.1. The van der Waals surface area contributed by atoms with E-state index in [1.54, 1.807) is 24.6 Å². The zero-order valence-corrected chi connectivity index (χ0v) is 15.4. The van der Waals surface area contributed by atoms with Crippen LogP contribution in [-0.4, -0.2) is 32.6 Å². The van der Waals surface area contributed by atoms with Gasteiger partial charge in [-0.1, -0.05) is 6.07 Å². The molecule has 3 aromatic rings. The number of aryl methyl sites for hydroxylation is 1. The average molecular weight is 381 g/mol. The lowest BCUT2D eigenvalue weighted by Crippen LogP contribution is -2.39. The van der Waals surface area contributed by atoms with Gasteiger partial charge >= 0.3 is 6.09 Å². The number of benzene rings is 1. The fourth-order valence-electron chi connectivity index (χ4n) is 3.64. The number of carboxylic acid groups (broad SMARTS) is 1. The van der Waals surface area contributed by atoms with E-state index in [4.69, 9.17) is 4.42 Å². The van der Waals surface area contributed by atoms with E-state index >= 15 is 0 Å². The van der Waals surface area contributed by atoms with Gasteiger partial charge in [0.1, 0.15) is 17.8 Å². The standard InChI is InChI=1S/C21H20FN3O3/c1-13-2-3-16(11-23-13)19-10-15(8-9-25(19)21(26)27)20-24-18(12-28-20)14-4-6-17(22)7-5-14/h2-7,11-12,15,19H,8-10H2,1H3,(H,26,27). The van der Waals surface area contributed by atoms with E-state index in [1.165, 1.54) is 17.0 Å². The molecule has 0 bridgehead atoms. The molecule has 4 rings (SSSR count). The zero-order valence-electron chi connectivity index (χ0n) is 15.4. The summed E-state index contributed by atoms with van der Waals surface area (Å²) in [4.78, 5) is 22.0. The van der Waals surface area contributed by atoms with Crippen molar-refractivity contribution in [2.45, 2.75) is 31.7 Å². The van der Waals surface area contributed by atoms with Gasteiger partial charge in [-0.25, -0.2) is 14.2 Å². The SMILES string of the molecule is Cc1ccc(C2CC(c3nc(-c4ccc(F)cc4)co3)CCN2C(=O)O)cn1. The first-order valence-electron chi connectivity index (χ1n) is 9.15. The minimum atomic E-state index is -0.941. The smallest absolute Gasteiger partial charge is 0.407 e. The Balaban J connectivity index is 1.58. The third kappa shape index (κ3) is 3.60. The lowest BCUT2D eigenvalue weighted by atomic mass is 9.87. The van der Waals surface area contributed by atoms with Gasteiger partial charge in [-0.15, -0.1) is 0 Å². The number of hydrogen-bond acceptors (Lipinski definition) is 4. The van der Waals surface area contributed by atoms with E-state index in [0.29, 0.717) is 31.0 Å². The van der Waals surface area contributed by atoms with Crippen LogP contribution in [0.15, 0.2) is 53.3 Å². The van der Waals surface area contributed by atoms with E-state index in [2.05, 4.69) is 9.97 Å². The lowest BCUT2D eigenvalue weighted by Gasteiger charge is -2.36. The Bertz CT molecular complexity index is 969. The Kier molecular flexibility index (Phi) is 4.81. The van der Waals surface area contributed by atoms with Gasteiger partial charge < -0.3 is 14.4 Å². The fraction of sp³-hybridized carbons (Fsp3) is 0.286. The van der Waals surface area contributed by atoms with E-state index in [9.17, 15) is 14.3 Å². The molecule has 3 heterocycles. The molecule has 0 saturated carbocycles. The zero-order chi connectivity index (χ0) is 19.7. The first kappa shape index (κ1) is 18.2. The molecule has 2 aromatic heterocycles. The molecular formula is C21H20FN3O3. The number of aromatic nitrogens is 2. The van der Waals surface area contributed by atoms with Crippen LogP contribution in [0.25, 0.3) is 11.3 Å². The van der Waals surface area contributed by atoms with Crippen molar-refractivity contribution in [3.05, 3.63) is 71.8 Å². The van der Waals surface area contributed by atoms with Gasteiger partial charge in [0.2, 0.25) is 0 Å². The highest BCUT2D eigenvalue weighted by atomic mass is 19.1. The van der Waals surface area contributed by atoms with Gasteiger partial charge in [0.15, 0.2) is 5.89 Å². The highest BCUT2D eigenvalue weighted by molar-refractivity contribution is 5.66. The van der Waals surface area contributed by atoms with Gasteiger partial charge in [-0.05, 0) is 55.7 Å². The molecule has 7 heteroatoms. The molecule has 6 nitrogen and oxygen atoms in total. The second-order valence-electron chi connectivity index (χ2n) is 7.02. The molecule has 1 fully saturated rings. The van der Waals surface area contributed by atoms with Crippen LogP contribution in [0.1, 0.15) is 41.9 Å². The molecule has 144 valence electrons. The summed E-state index contributed by atoms with van der Waals surface area (Å²) in [5.74, 6) is 0.272. The number of pyridine rings is 1. The van der Waals surface area contributed by atoms with Crippen LogP contribution in [0.4, 0.5) is 9.18 Å². The number of hydrogen-bond donors (Lipinski definition) is 1. The molecular weight excluding hydrogens is 361 g/mol. The first-order chi connectivity index (χ1) is 13.5. The van der Waals surface area contributed by atoms with Crippen LogP contribution in [0, 0.1) is 12.7 Å². The van der Waals surface area contributed by atoms with Gasteiger partial charge in [-0.3, -0.25) is 4.98 Å². The highest BCUT2D eigenvalue weighted by Gasteiger charge is 2.35. The monoisotopic (exact) mass is 381 g/mol. The maximum Gasteiger partial charge on any atom is 0.407 e. The third-order valence-electron chi connectivity index (χ3n) is 5.18. The number of oxazole rings is 1. The fourth-order valence-corrected chi connectivity index (χ4v) is 3.64. The summed E-state index contributed by atoms with van der Waals surface area (Å²) in [6.07, 6.45) is 3.56. The molecule has 2 unspecified atom stereocenters. The molecule has 1 saturated heterocycles. The number of nitrogens with zero attached hydrogens (tertiary/aromatic N) is 3. The lowest BCUT2D eigenvalue weighted by molar-refractivity contribution is 0.0970. The topological polar surface area (TPSA) is 79.5 Å². The molecule has 1 aromatic carbocycles. The summed E-state index contributed by atoms with van der Waals surface area (Å²) < 4.78 is 18.8. The van der Waals surface area contributed by atoms with Gasteiger partial charge in [0, 0.05) is 29.9 Å². The quantitative estimate of drug-likeness (QED) is 0.706. The second-order valence-corrected chi connectivity index (χ2v) is 7.02. The van der Waals surface area contributed by atoms with Crippen LogP contribution in [0.3, 0.4) is 0 Å². The number of halogens is 1. The molecule has 1 amide bonds. The number of piperidine rings is 1. The summed E-state index contributed by atoms with van der Waals surface area (Å²) in [6, 6.07) is 9.59. The van der Waals surface area contributed by atoms with Crippen LogP contribution >= 0.6 is 0 Å². The Morgan fingerprint density at radius 2 is 2.04 bits per heavy atom. The van der Waals surface area contributed by atoms with Crippen molar-refractivity contribution < 1.29 is 18.7 Å². The second kappa shape index (κ2) is 7.42. The Morgan fingerprint density at radius 1 is 1.25 bits per heavy atom. The van der Waals surface area contributed by atoms with Crippen LogP contribution in [0.5, 0.6) is 0 Å². The number of carbonyl (C=O) groups is 1. The van der Waals surface area contributed by atoms with Crippen molar-refractivity contribution in [2.24, 2.45) is 0 Å². The van der Waals surface area contributed by atoms with Crippen LogP contribution in [0.2, 0.25) is 0 Å². The third-order valence-corrected chi connectivity index (χ3v) is 5.18. The number of amides is 1. The molecule has 2 atom stereocenters. The largest absolute Gasteiger partial charge is 0.465 e. The van der Waals surface area contributed by atoms with Crippen molar-refractivity contribution in [3.63, 3.8) is 0 Å². The summed E-state index contributed by atoms with van der Waals surface area (Å²) in [5, 5.41) is 9.59. The number of rotatable bonds is 3. The summed E-state index contributed by atoms with van der Waals surface area (Å²) in [6.45, 7) is 2.29. The molecule has 0 radical (unpaired) electrons. The maximum absolute atomic E-state index is 13.1. The minimum Gasteiger partial charge on any atom is -0.465 e. The van der Waals surface area contributed by atoms with E-state index in [-0.39, 0.29) is 17.8 Å². The normalized spacial score (nSPS) is 19.6. The van der Waals surface area contributed by atoms with E-state index in [1.807, 2.05) is 19.1 Å². The highest BCUT2D eigenvalue weighted by Crippen LogP contribution is 2.39. The van der Waals surface area contributed by atoms with Crippen LogP contribution < -0.4 is 0 Å². The predicted octanol–water partition coefficient (Wildman–Crippen LogP) is 4.78. The molecule has 28 heavy (non-hydrogen) atoms. The van der Waals surface area contributed by atoms with Gasteiger partial charge in [0.25, 0.3) is 0 Å². The van der Waals surface area contributed by atoms with Crippen molar-refractivity contribution >= 4 is 6.09 Å². The van der Waals surface area contributed by atoms with E-state index in [0.717, 1.165) is 16.8 Å². The molecule has 1 N–H and O–H groups in total. The molecule has 0 spiro atoms. The van der Waals surface area contributed by atoms with Crippen molar-refractivity contribution in [1.29, 1.82) is 0 Å². The summed E-state index contributed by atoms with van der Waals surface area (Å²) in [5.41, 5.74) is 3.17. The van der Waals surface area contributed by atoms with Crippen molar-refractivity contribution in [1.82, 2.24) is 14.9 Å². The van der Waals surface area contributed by atoms with Crippen LogP contribution in [-0.2, 0) is 0 Å². The Hall–Kier alpha value is -3.22. The van der Waals surface area contributed by atoms with E-state index < -0.39 is 6.09 Å². The summed E-state index contributed by atoms with van der Waals surface area (Å²) >= 11 is 0. The Labute approximate surface area is 161 Å². The molecule has 1 aliphatic heterocycles.